The lowest BCUT2D eigenvalue weighted by Crippen LogP contribution is -2.49. The molecule has 3 heterocycles. The Labute approximate surface area is 216 Å². The normalized spacial score (nSPS) is 16.7. The van der Waals surface area contributed by atoms with Gasteiger partial charge in [-0.05, 0) is 69.1 Å². The number of piperazine rings is 1. The molecule has 2 aliphatic rings. The highest BCUT2D eigenvalue weighted by molar-refractivity contribution is 5.95. The van der Waals surface area contributed by atoms with Crippen molar-refractivity contribution in [2.24, 2.45) is 0 Å². The molecule has 2 fully saturated rings. The molecule has 0 radical (unpaired) electrons. The van der Waals surface area contributed by atoms with Gasteiger partial charge in [0.2, 0.25) is 0 Å². The van der Waals surface area contributed by atoms with E-state index in [4.69, 9.17) is 0 Å². The zero-order chi connectivity index (χ0) is 24.5. The fraction of sp³-hybridized carbons (Fsp3) is 0.407. The molecule has 36 heavy (non-hydrogen) atoms. The van der Waals surface area contributed by atoms with E-state index in [0.717, 1.165) is 50.8 Å². The van der Waals surface area contributed by atoms with Gasteiger partial charge >= 0.3 is 0 Å². The van der Waals surface area contributed by atoms with Crippen LogP contribution in [-0.4, -0.2) is 59.9 Å². The van der Waals surface area contributed by atoms with Gasteiger partial charge in [0.25, 0.3) is 5.91 Å². The zero-order valence-electron chi connectivity index (χ0n) is 20.6. The molecular weight excluding hydrogens is 484 g/mol. The van der Waals surface area contributed by atoms with Crippen LogP contribution < -0.4 is 10.2 Å². The van der Waals surface area contributed by atoms with Crippen LogP contribution in [-0.2, 0) is 0 Å². The molecule has 6 nitrogen and oxygen atoms in total. The molecule has 0 aliphatic carbocycles. The summed E-state index contributed by atoms with van der Waals surface area (Å²) in [7, 11) is 0. The number of hydrogen-bond acceptors (Lipinski definition) is 4. The van der Waals surface area contributed by atoms with Gasteiger partial charge in [0.05, 0.1) is 17.5 Å². The van der Waals surface area contributed by atoms with Crippen molar-refractivity contribution in [1.82, 2.24) is 20.0 Å². The standard InChI is InChI=1S/C27H31F2N5O.ClH/c1-18-3-4-19(2)25(15-18)32-11-13-33(14-12-32)27(35)22-17-31-34(24-6-5-21(28)16-23(24)29)26(22)20-7-9-30-10-8-20;/h3-6,15-17,20,30H,7-14H2,1-2H3;1H. The number of hydrogen-bond donors (Lipinski definition) is 1. The van der Waals surface area contributed by atoms with E-state index in [1.54, 1.807) is 6.20 Å². The molecule has 5 rings (SSSR count). The Morgan fingerprint density at radius 2 is 1.69 bits per heavy atom. The van der Waals surface area contributed by atoms with Crippen molar-refractivity contribution in [2.75, 3.05) is 44.2 Å². The predicted octanol–water partition coefficient (Wildman–Crippen LogP) is 4.62. The van der Waals surface area contributed by atoms with Crippen LogP contribution in [0, 0.1) is 25.5 Å². The van der Waals surface area contributed by atoms with E-state index in [0.29, 0.717) is 18.7 Å². The lowest BCUT2D eigenvalue weighted by atomic mass is 9.91. The summed E-state index contributed by atoms with van der Waals surface area (Å²) in [5.74, 6) is -1.34. The summed E-state index contributed by atoms with van der Waals surface area (Å²) in [5.41, 5.74) is 5.06. The van der Waals surface area contributed by atoms with Gasteiger partial charge in [-0.1, -0.05) is 12.1 Å². The molecule has 2 saturated heterocycles. The quantitative estimate of drug-likeness (QED) is 0.551. The second kappa shape index (κ2) is 11.0. The van der Waals surface area contributed by atoms with Gasteiger partial charge in [-0.15, -0.1) is 12.4 Å². The maximum atomic E-state index is 14.7. The molecule has 2 aromatic carbocycles. The minimum Gasteiger partial charge on any atom is -0.368 e. The average Bonchev–Trinajstić information content (AvgIpc) is 3.30. The number of carbonyl (C=O) groups is 1. The molecule has 0 bridgehead atoms. The van der Waals surface area contributed by atoms with Crippen molar-refractivity contribution >= 4 is 24.0 Å². The Hall–Kier alpha value is -2.97. The number of piperidine rings is 1. The van der Waals surface area contributed by atoms with Crippen LogP contribution in [0.5, 0.6) is 0 Å². The number of amides is 1. The van der Waals surface area contributed by atoms with Crippen LogP contribution in [0.15, 0.2) is 42.6 Å². The lowest BCUT2D eigenvalue weighted by Gasteiger charge is -2.37. The van der Waals surface area contributed by atoms with Crippen LogP contribution >= 0.6 is 12.4 Å². The Kier molecular flexibility index (Phi) is 7.95. The van der Waals surface area contributed by atoms with E-state index in [-0.39, 0.29) is 29.9 Å². The van der Waals surface area contributed by atoms with E-state index in [1.807, 2.05) is 4.90 Å². The van der Waals surface area contributed by atoms with Crippen molar-refractivity contribution in [2.45, 2.75) is 32.6 Å². The predicted molar refractivity (Wildman–Crippen MR) is 140 cm³/mol. The van der Waals surface area contributed by atoms with Crippen molar-refractivity contribution in [3.05, 3.63) is 76.6 Å². The SMILES string of the molecule is Cc1ccc(C)c(N2CCN(C(=O)c3cnn(-c4ccc(F)cc4F)c3C3CCNCC3)CC2)c1.Cl. The molecule has 2 aliphatic heterocycles. The first-order valence-electron chi connectivity index (χ1n) is 12.3. The second-order valence-corrected chi connectivity index (χ2v) is 9.54. The smallest absolute Gasteiger partial charge is 0.257 e. The largest absolute Gasteiger partial charge is 0.368 e. The molecule has 192 valence electrons. The van der Waals surface area contributed by atoms with Gasteiger partial charge in [0, 0.05) is 43.9 Å². The number of aryl methyl sites for hydroxylation is 2. The van der Waals surface area contributed by atoms with Crippen LogP contribution in [0.25, 0.3) is 5.69 Å². The fourth-order valence-electron chi connectivity index (χ4n) is 5.24. The molecule has 1 amide bonds. The minimum absolute atomic E-state index is 0. The molecule has 0 saturated carbocycles. The monoisotopic (exact) mass is 515 g/mol. The Bertz CT molecular complexity index is 1230. The second-order valence-electron chi connectivity index (χ2n) is 9.54. The van der Waals surface area contributed by atoms with Crippen molar-refractivity contribution < 1.29 is 13.6 Å². The number of anilines is 1. The van der Waals surface area contributed by atoms with Gasteiger partial charge in [-0.3, -0.25) is 4.79 Å². The molecule has 3 aromatic rings. The van der Waals surface area contributed by atoms with E-state index in [9.17, 15) is 13.6 Å². The molecule has 0 atom stereocenters. The van der Waals surface area contributed by atoms with Crippen molar-refractivity contribution in [3.8, 4) is 5.69 Å². The molecule has 1 N–H and O–H groups in total. The number of nitrogens with zero attached hydrogens (tertiary/aromatic N) is 4. The Morgan fingerprint density at radius 1 is 0.972 bits per heavy atom. The van der Waals surface area contributed by atoms with Gasteiger partial charge in [-0.25, -0.2) is 13.5 Å². The summed E-state index contributed by atoms with van der Waals surface area (Å²) in [6.45, 7) is 8.56. The lowest BCUT2D eigenvalue weighted by molar-refractivity contribution is 0.0744. The Morgan fingerprint density at radius 3 is 2.39 bits per heavy atom. The summed E-state index contributed by atoms with van der Waals surface area (Å²) >= 11 is 0. The number of rotatable bonds is 4. The summed E-state index contributed by atoms with van der Waals surface area (Å²) in [6, 6.07) is 9.92. The van der Waals surface area contributed by atoms with Crippen LogP contribution in [0.3, 0.4) is 0 Å². The summed E-state index contributed by atoms with van der Waals surface area (Å²) in [6.07, 6.45) is 3.21. The highest BCUT2D eigenvalue weighted by Crippen LogP contribution is 2.32. The molecule has 9 heteroatoms. The first-order chi connectivity index (χ1) is 16.9. The topological polar surface area (TPSA) is 53.4 Å². The van der Waals surface area contributed by atoms with E-state index < -0.39 is 11.6 Å². The van der Waals surface area contributed by atoms with Crippen molar-refractivity contribution in [1.29, 1.82) is 0 Å². The number of benzene rings is 2. The highest BCUT2D eigenvalue weighted by atomic mass is 35.5. The van der Waals surface area contributed by atoms with Gasteiger partial charge in [-0.2, -0.15) is 5.10 Å². The number of aromatic nitrogens is 2. The fourth-order valence-corrected chi connectivity index (χ4v) is 5.24. The average molecular weight is 516 g/mol. The highest BCUT2D eigenvalue weighted by Gasteiger charge is 2.31. The number of nitrogens with one attached hydrogen (secondary N) is 1. The first kappa shape index (κ1) is 26.1. The van der Waals surface area contributed by atoms with Gasteiger partial charge in [0.15, 0.2) is 5.82 Å². The third-order valence-electron chi connectivity index (χ3n) is 7.17. The molecule has 0 spiro atoms. The van der Waals surface area contributed by atoms with Crippen LogP contribution in [0.2, 0.25) is 0 Å². The third-order valence-corrected chi connectivity index (χ3v) is 7.17. The van der Waals surface area contributed by atoms with E-state index >= 15 is 0 Å². The molecule has 1 aromatic heterocycles. The Balaban J connectivity index is 0.00000304. The van der Waals surface area contributed by atoms with Gasteiger partial charge < -0.3 is 15.1 Å². The van der Waals surface area contributed by atoms with Crippen LogP contribution in [0.4, 0.5) is 14.5 Å². The number of halogens is 3. The van der Waals surface area contributed by atoms with Gasteiger partial charge in [0.1, 0.15) is 11.5 Å². The summed E-state index contributed by atoms with van der Waals surface area (Å²) < 4.78 is 29.8. The summed E-state index contributed by atoms with van der Waals surface area (Å²) in [5, 5.41) is 7.77. The van der Waals surface area contributed by atoms with E-state index in [1.165, 1.54) is 33.6 Å². The van der Waals surface area contributed by atoms with Crippen molar-refractivity contribution in [3.63, 3.8) is 0 Å². The number of carbonyl (C=O) groups excluding carboxylic acids is 1. The third kappa shape index (κ3) is 5.11. The molecule has 0 unspecified atom stereocenters. The maximum Gasteiger partial charge on any atom is 0.257 e. The molecular formula is C27H32ClF2N5O. The zero-order valence-corrected chi connectivity index (χ0v) is 21.5. The minimum atomic E-state index is -0.690. The summed E-state index contributed by atoms with van der Waals surface area (Å²) in [4.78, 5) is 17.9. The van der Waals surface area contributed by atoms with Crippen LogP contribution in [0.1, 0.15) is 45.9 Å². The first-order valence-corrected chi connectivity index (χ1v) is 12.3. The van der Waals surface area contributed by atoms with E-state index in [2.05, 4.69) is 47.4 Å². The maximum absolute atomic E-state index is 14.7.